The van der Waals surface area contributed by atoms with E-state index in [1.165, 1.54) is 12.1 Å². The number of urea groups is 1. The van der Waals surface area contributed by atoms with Gasteiger partial charge in [-0.3, -0.25) is 0 Å². The molecule has 2 aromatic carbocycles. The Bertz CT molecular complexity index is 1410. The smallest absolute Gasteiger partial charge is 0.318 e. The number of piperidine rings is 2. The lowest BCUT2D eigenvalue weighted by atomic mass is 9.91. The van der Waals surface area contributed by atoms with Gasteiger partial charge in [-0.05, 0) is 54.3 Å². The molecule has 5 heterocycles. The molecule has 0 radical (unpaired) electrons. The lowest BCUT2D eigenvalue weighted by Crippen LogP contribution is -2.65. The average molecular weight is 504 g/mol. The van der Waals surface area contributed by atoms with Crippen molar-refractivity contribution in [1.82, 2.24) is 20.2 Å². The highest BCUT2D eigenvalue weighted by Gasteiger charge is 2.42. The summed E-state index contributed by atoms with van der Waals surface area (Å²) in [7, 11) is 1.64. The van der Waals surface area contributed by atoms with Crippen LogP contribution in [0.15, 0.2) is 60.9 Å². The van der Waals surface area contributed by atoms with E-state index in [4.69, 9.17) is 4.74 Å². The molecular weight excluding hydrogens is 477 g/mol. The highest BCUT2D eigenvalue weighted by Crippen LogP contribution is 2.40. The van der Waals surface area contributed by atoms with Gasteiger partial charge in [0, 0.05) is 30.6 Å². The van der Waals surface area contributed by atoms with Gasteiger partial charge < -0.3 is 19.9 Å². The average Bonchev–Trinajstić information content (AvgIpc) is 3.37. The minimum atomic E-state index is -0.248. The minimum absolute atomic E-state index is 0.0327. The van der Waals surface area contributed by atoms with Crippen LogP contribution in [0.4, 0.5) is 15.0 Å². The Balaban J connectivity index is 1.19. The van der Waals surface area contributed by atoms with E-state index >= 15 is 0 Å². The Morgan fingerprint density at radius 1 is 1.11 bits per heavy atom. The van der Waals surface area contributed by atoms with Crippen LogP contribution in [0.3, 0.4) is 0 Å². The predicted molar refractivity (Wildman–Crippen MR) is 139 cm³/mol. The number of aromatic nitrogens is 2. The standard InChI is InChI=1S/C27H26FN5O2S/c1-35-22-4-2-3-17(11-22)13-29-27(34)33-15-20-9-10-21(33)14-32(20)26-25-23(30-16-31-26)12-24(36-25)18-5-7-19(28)8-6-18/h2-8,11-12,16,20-21H,9-10,13-15H2,1H3,(H,29,34). The number of thiophene rings is 1. The van der Waals surface area contributed by atoms with Crippen molar-refractivity contribution in [1.29, 1.82) is 0 Å². The van der Waals surface area contributed by atoms with Gasteiger partial charge in [0.2, 0.25) is 0 Å². The quantitative estimate of drug-likeness (QED) is 0.412. The fourth-order valence-corrected chi connectivity index (χ4v) is 6.32. The number of nitrogens with zero attached hydrogens (tertiary/aromatic N) is 4. The topological polar surface area (TPSA) is 70.6 Å². The Morgan fingerprint density at radius 3 is 2.72 bits per heavy atom. The SMILES string of the molecule is COc1cccc(CNC(=O)N2CC3CCC2CN3c2ncnc3cc(-c4ccc(F)cc4)sc23)c1. The molecule has 7 rings (SSSR count). The Hall–Kier alpha value is -3.72. The lowest BCUT2D eigenvalue weighted by Gasteiger charge is -2.51. The summed E-state index contributed by atoms with van der Waals surface area (Å²) in [6, 6.07) is 16.6. The van der Waals surface area contributed by atoms with Crippen LogP contribution in [0.1, 0.15) is 18.4 Å². The number of methoxy groups -OCH3 is 1. The molecular formula is C27H26FN5O2S. The highest BCUT2D eigenvalue weighted by atomic mass is 32.1. The van der Waals surface area contributed by atoms with E-state index in [1.54, 1.807) is 36.9 Å². The van der Waals surface area contributed by atoms with Crippen LogP contribution < -0.4 is 15.0 Å². The van der Waals surface area contributed by atoms with Gasteiger partial charge in [0.1, 0.15) is 23.7 Å². The second-order valence-corrected chi connectivity index (χ2v) is 10.3. The number of rotatable bonds is 5. The zero-order valence-electron chi connectivity index (χ0n) is 19.9. The molecule has 4 aromatic rings. The summed E-state index contributed by atoms with van der Waals surface area (Å²) in [4.78, 5) is 27.6. The van der Waals surface area contributed by atoms with E-state index in [-0.39, 0.29) is 23.9 Å². The van der Waals surface area contributed by atoms with Crippen LogP contribution in [0.25, 0.3) is 20.7 Å². The largest absolute Gasteiger partial charge is 0.497 e. The first-order valence-electron chi connectivity index (χ1n) is 12.0. The normalized spacial score (nSPS) is 19.1. The van der Waals surface area contributed by atoms with Gasteiger partial charge in [0.15, 0.2) is 0 Å². The van der Waals surface area contributed by atoms with E-state index < -0.39 is 0 Å². The van der Waals surface area contributed by atoms with Crippen molar-refractivity contribution in [2.24, 2.45) is 0 Å². The van der Waals surface area contributed by atoms with Crippen molar-refractivity contribution in [2.45, 2.75) is 31.5 Å². The molecule has 0 aliphatic carbocycles. The van der Waals surface area contributed by atoms with E-state index in [1.807, 2.05) is 35.2 Å². The molecule has 1 N–H and O–H groups in total. The molecule has 0 spiro atoms. The highest BCUT2D eigenvalue weighted by molar-refractivity contribution is 7.22. The number of carbonyl (C=O) groups is 1. The van der Waals surface area contributed by atoms with E-state index in [2.05, 4.69) is 20.2 Å². The summed E-state index contributed by atoms with van der Waals surface area (Å²) >= 11 is 1.63. The maximum Gasteiger partial charge on any atom is 0.318 e. The minimum Gasteiger partial charge on any atom is -0.497 e. The number of hydrogen-bond acceptors (Lipinski definition) is 6. The monoisotopic (exact) mass is 503 g/mol. The first kappa shape index (κ1) is 22.7. The third-order valence-corrected chi connectivity index (χ3v) is 8.23. The van der Waals surface area contributed by atoms with Crippen LogP contribution >= 0.6 is 11.3 Å². The van der Waals surface area contributed by atoms with Crippen LogP contribution in [-0.2, 0) is 6.54 Å². The van der Waals surface area contributed by atoms with Gasteiger partial charge in [-0.2, -0.15) is 0 Å². The van der Waals surface area contributed by atoms with Crippen LogP contribution in [0.2, 0.25) is 0 Å². The molecule has 36 heavy (non-hydrogen) atoms. The Morgan fingerprint density at radius 2 is 1.94 bits per heavy atom. The number of hydrogen-bond donors (Lipinski definition) is 1. The van der Waals surface area contributed by atoms with Crippen molar-refractivity contribution < 1.29 is 13.9 Å². The number of fused-ring (bicyclic) bond motifs is 4. The van der Waals surface area contributed by atoms with Gasteiger partial charge >= 0.3 is 6.03 Å². The third kappa shape index (κ3) is 4.24. The summed E-state index contributed by atoms with van der Waals surface area (Å²) in [5.41, 5.74) is 2.85. The third-order valence-electron chi connectivity index (χ3n) is 7.06. The number of amides is 2. The molecule has 3 aliphatic rings. The zero-order valence-corrected chi connectivity index (χ0v) is 20.7. The Labute approximate surface area is 212 Å². The number of anilines is 1. The molecule has 3 fully saturated rings. The summed E-state index contributed by atoms with van der Waals surface area (Å²) in [5.74, 6) is 1.45. The molecule has 2 unspecified atom stereocenters. The number of piperazine rings is 1. The fraction of sp³-hybridized carbons (Fsp3) is 0.296. The fourth-order valence-electron chi connectivity index (χ4n) is 5.20. The summed E-state index contributed by atoms with van der Waals surface area (Å²) < 4.78 is 19.7. The first-order valence-corrected chi connectivity index (χ1v) is 12.9. The first-order chi connectivity index (χ1) is 17.6. The molecule has 3 aliphatic heterocycles. The number of ether oxygens (including phenoxy) is 1. The summed E-state index contributed by atoms with van der Waals surface area (Å²) in [6.45, 7) is 1.87. The van der Waals surface area contributed by atoms with Crippen molar-refractivity contribution >= 4 is 33.4 Å². The molecule has 2 bridgehead atoms. The zero-order chi connectivity index (χ0) is 24.6. The number of benzene rings is 2. The van der Waals surface area contributed by atoms with Crippen LogP contribution in [-0.4, -0.2) is 53.2 Å². The molecule has 2 aromatic heterocycles. The van der Waals surface area contributed by atoms with E-state index in [0.29, 0.717) is 13.1 Å². The summed E-state index contributed by atoms with van der Waals surface area (Å²) in [6.07, 6.45) is 3.61. The maximum absolute atomic E-state index is 13.4. The molecule has 3 saturated heterocycles. The Kier molecular flexibility index (Phi) is 5.92. The maximum atomic E-state index is 13.4. The second-order valence-electron chi connectivity index (χ2n) is 9.23. The number of carbonyl (C=O) groups excluding carboxylic acids is 1. The van der Waals surface area contributed by atoms with Gasteiger partial charge in [0.25, 0.3) is 0 Å². The van der Waals surface area contributed by atoms with Gasteiger partial charge in [-0.1, -0.05) is 24.3 Å². The number of halogens is 1. The lowest BCUT2D eigenvalue weighted by molar-refractivity contribution is 0.115. The van der Waals surface area contributed by atoms with Crippen molar-refractivity contribution in [3.63, 3.8) is 0 Å². The van der Waals surface area contributed by atoms with E-state index in [0.717, 1.165) is 57.2 Å². The van der Waals surface area contributed by atoms with Gasteiger partial charge in [0.05, 0.1) is 23.4 Å². The molecule has 9 heteroatoms. The predicted octanol–water partition coefficient (Wildman–Crippen LogP) is 5.07. The second kappa shape index (κ2) is 9.39. The molecule has 7 nitrogen and oxygen atoms in total. The van der Waals surface area contributed by atoms with Gasteiger partial charge in [-0.15, -0.1) is 11.3 Å². The van der Waals surface area contributed by atoms with Crippen molar-refractivity contribution in [2.75, 3.05) is 25.1 Å². The van der Waals surface area contributed by atoms with Crippen LogP contribution in [0, 0.1) is 5.82 Å². The van der Waals surface area contributed by atoms with Crippen LogP contribution in [0.5, 0.6) is 5.75 Å². The molecule has 184 valence electrons. The molecule has 2 amide bonds. The van der Waals surface area contributed by atoms with Crippen molar-refractivity contribution in [3.05, 3.63) is 72.3 Å². The summed E-state index contributed by atoms with van der Waals surface area (Å²) in [5, 5.41) is 3.08. The van der Waals surface area contributed by atoms with E-state index in [9.17, 15) is 9.18 Å². The van der Waals surface area contributed by atoms with Gasteiger partial charge in [-0.25, -0.2) is 19.2 Å². The molecule has 0 saturated carbocycles. The molecule has 2 atom stereocenters. The van der Waals surface area contributed by atoms with Crippen molar-refractivity contribution in [3.8, 4) is 16.2 Å². The number of nitrogens with one attached hydrogen (secondary N) is 1.